The van der Waals surface area contributed by atoms with Crippen molar-refractivity contribution in [2.45, 2.75) is 6.04 Å². The fraction of sp³-hybridized carbons (Fsp3) is 0.160. The number of Topliss-reactive ketones (excluding diaryl/α,β-unsaturated/α-hetero) is 1. The third-order valence-electron chi connectivity index (χ3n) is 5.71. The normalized spacial score (nSPS) is 15.9. The molecule has 0 saturated heterocycles. The zero-order valence-electron chi connectivity index (χ0n) is 18.7. The molecular weight excluding hydrogens is 454 g/mol. The molecule has 1 aliphatic rings. The molecule has 0 bridgehead atoms. The first-order valence-corrected chi connectivity index (χ1v) is 11.3. The number of anilines is 2. The number of carbonyl (C=O) groups excluding carboxylic acids is 2. The second-order valence-corrected chi connectivity index (χ2v) is 8.97. The molecule has 0 radical (unpaired) electrons. The van der Waals surface area contributed by atoms with Gasteiger partial charge in [-0.1, -0.05) is 23.5 Å². The molecule has 1 N–H and O–H groups in total. The molecule has 0 saturated carbocycles. The fourth-order valence-electron chi connectivity index (χ4n) is 3.97. The highest BCUT2D eigenvalue weighted by atomic mass is 32.1. The van der Waals surface area contributed by atoms with Crippen LogP contribution in [0.15, 0.2) is 76.6 Å². The quantitative estimate of drug-likeness (QED) is 0.402. The third kappa shape index (κ3) is 3.50. The number of nitrogens with zero attached hydrogens (tertiary/aromatic N) is 3. The number of thiazole rings is 1. The first kappa shape index (κ1) is 21.7. The Bertz CT molecular complexity index is 1420. The summed E-state index contributed by atoms with van der Waals surface area (Å²) in [7, 11) is 5.43. The molecule has 9 heteroatoms. The van der Waals surface area contributed by atoms with Gasteiger partial charge in [0.2, 0.25) is 5.78 Å². The minimum absolute atomic E-state index is 0.0418. The van der Waals surface area contributed by atoms with Crippen LogP contribution in [0.2, 0.25) is 0 Å². The highest BCUT2D eigenvalue weighted by molar-refractivity contribution is 7.22. The molecule has 1 aliphatic heterocycles. The van der Waals surface area contributed by atoms with Gasteiger partial charge in [-0.2, -0.15) is 0 Å². The van der Waals surface area contributed by atoms with Gasteiger partial charge in [-0.15, -0.1) is 0 Å². The van der Waals surface area contributed by atoms with Gasteiger partial charge in [0.05, 0.1) is 35.2 Å². The lowest BCUT2D eigenvalue weighted by Gasteiger charge is -2.25. The van der Waals surface area contributed by atoms with Gasteiger partial charge >= 0.3 is 0 Å². The van der Waals surface area contributed by atoms with Crippen LogP contribution in [-0.4, -0.2) is 43.0 Å². The van der Waals surface area contributed by atoms with Crippen molar-refractivity contribution in [1.29, 1.82) is 0 Å². The summed E-state index contributed by atoms with van der Waals surface area (Å²) in [6, 6.07) is 15.1. The molecule has 8 nitrogen and oxygen atoms in total. The molecule has 3 heterocycles. The van der Waals surface area contributed by atoms with Gasteiger partial charge in [0.1, 0.15) is 5.75 Å². The molecule has 4 aromatic rings. The smallest absolute Gasteiger partial charge is 0.296 e. The van der Waals surface area contributed by atoms with E-state index in [9.17, 15) is 14.7 Å². The van der Waals surface area contributed by atoms with E-state index in [2.05, 4.69) is 4.98 Å². The maximum absolute atomic E-state index is 13.3. The Morgan fingerprint density at radius 2 is 1.94 bits per heavy atom. The van der Waals surface area contributed by atoms with E-state index in [1.54, 1.807) is 25.3 Å². The lowest BCUT2D eigenvalue weighted by Crippen LogP contribution is -2.31. The molecule has 172 valence electrons. The lowest BCUT2D eigenvalue weighted by molar-refractivity contribution is -0.117. The second kappa shape index (κ2) is 8.35. The molecule has 2 aromatic heterocycles. The average Bonchev–Trinajstić information content (AvgIpc) is 3.57. The zero-order valence-corrected chi connectivity index (χ0v) is 19.5. The van der Waals surface area contributed by atoms with Crippen LogP contribution >= 0.6 is 11.3 Å². The Hall–Kier alpha value is -4.11. The van der Waals surface area contributed by atoms with Crippen LogP contribution in [0.4, 0.5) is 10.8 Å². The van der Waals surface area contributed by atoms with Crippen molar-refractivity contribution in [3.05, 3.63) is 83.5 Å². The van der Waals surface area contributed by atoms with Crippen molar-refractivity contribution in [3.63, 3.8) is 0 Å². The number of furan rings is 1. The molecule has 5 rings (SSSR count). The van der Waals surface area contributed by atoms with Crippen molar-refractivity contribution in [2.24, 2.45) is 0 Å². The average molecular weight is 476 g/mol. The van der Waals surface area contributed by atoms with E-state index in [1.165, 1.54) is 28.6 Å². The predicted octanol–water partition coefficient (Wildman–Crippen LogP) is 4.75. The fourth-order valence-corrected chi connectivity index (χ4v) is 4.99. The number of rotatable bonds is 6. The van der Waals surface area contributed by atoms with Crippen LogP contribution < -0.4 is 14.5 Å². The number of ether oxygens (including phenoxy) is 1. The standard InChI is InChI=1S/C25H21N3O5S/c1-27(2)15-8-6-14(7-9-15)21-20(22(29)18-5-4-12-33-18)23(30)24(31)28(21)25-26-17-11-10-16(32-3)13-19(17)34-25/h4-13,21,30H,1-3H3. The third-order valence-corrected chi connectivity index (χ3v) is 6.73. The number of fused-ring (bicyclic) bond motifs is 1. The summed E-state index contributed by atoms with van der Waals surface area (Å²) in [6.07, 6.45) is 1.38. The molecule has 0 spiro atoms. The Morgan fingerprint density at radius 1 is 1.18 bits per heavy atom. The van der Waals surface area contributed by atoms with Crippen molar-refractivity contribution in [3.8, 4) is 5.75 Å². The monoisotopic (exact) mass is 475 g/mol. The largest absolute Gasteiger partial charge is 0.503 e. The maximum atomic E-state index is 13.3. The number of methoxy groups -OCH3 is 1. The van der Waals surface area contributed by atoms with Crippen LogP contribution in [0, 0.1) is 0 Å². The summed E-state index contributed by atoms with van der Waals surface area (Å²) in [6.45, 7) is 0. The van der Waals surface area contributed by atoms with Crippen LogP contribution in [0.1, 0.15) is 22.2 Å². The van der Waals surface area contributed by atoms with Crippen LogP contribution in [0.5, 0.6) is 5.75 Å². The summed E-state index contributed by atoms with van der Waals surface area (Å²) >= 11 is 1.28. The van der Waals surface area contributed by atoms with Crippen LogP contribution in [0.3, 0.4) is 0 Å². The van der Waals surface area contributed by atoms with Crippen molar-refractivity contribution >= 4 is 44.1 Å². The van der Waals surface area contributed by atoms with E-state index in [1.807, 2.05) is 49.3 Å². The summed E-state index contributed by atoms with van der Waals surface area (Å²) in [4.78, 5) is 34.6. The van der Waals surface area contributed by atoms with Crippen molar-refractivity contribution in [2.75, 3.05) is 31.0 Å². The highest BCUT2D eigenvalue weighted by Crippen LogP contribution is 2.44. The van der Waals surface area contributed by atoms with Crippen LogP contribution in [0.25, 0.3) is 10.2 Å². The number of amides is 1. The lowest BCUT2D eigenvalue weighted by atomic mass is 9.95. The van der Waals surface area contributed by atoms with E-state index < -0.39 is 23.5 Å². The summed E-state index contributed by atoms with van der Waals surface area (Å²) in [5.41, 5.74) is 2.25. The van der Waals surface area contributed by atoms with Gasteiger partial charge < -0.3 is 19.2 Å². The Kier molecular flexibility index (Phi) is 5.33. The Morgan fingerprint density at radius 3 is 2.59 bits per heavy atom. The van der Waals surface area contributed by atoms with Crippen LogP contribution in [-0.2, 0) is 4.79 Å². The summed E-state index contributed by atoms with van der Waals surface area (Å²) < 4.78 is 11.4. The van der Waals surface area contributed by atoms with E-state index in [0.29, 0.717) is 22.0 Å². The molecule has 1 amide bonds. The molecule has 0 fully saturated rings. The molecule has 34 heavy (non-hydrogen) atoms. The molecule has 1 unspecified atom stereocenters. The Labute approximate surface area is 199 Å². The minimum Gasteiger partial charge on any atom is -0.503 e. The molecule has 0 aliphatic carbocycles. The number of hydrogen-bond donors (Lipinski definition) is 1. The summed E-state index contributed by atoms with van der Waals surface area (Å²) in [5, 5.41) is 11.2. The number of aromatic nitrogens is 1. The number of aliphatic hydroxyl groups is 1. The van der Waals surface area contributed by atoms with E-state index >= 15 is 0 Å². The van der Waals surface area contributed by atoms with Gasteiger partial charge in [0.25, 0.3) is 5.91 Å². The van der Waals surface area contributed by atoms with Gasteiger partial charge in [-0.05, 0) is 48.0 Å². The number of ketones is 1. The number of benzene rings is 2. The molecule has 2 aromatic carbocycles. The predicted molar refractivity (Wildman–Crippen MR) is 130 cm³/mol. The van der Waals surface area contributed by atoms with Gasteiger partial charge in [0, 0.05) is 19.8 Å². The number of carbonyl (C=O) groups is 2. The zero-order chi connectivity index (χ0) is 24.0. The number of aliphatic hydroxyl groups excluding tert-OH is 1. The highest BCUT2D eigenvalue weighted by Gasteiger charge is 2.46. The summed E-state index contributed by atoms with van der Waals surface area (Å²) in [5.74, 6) is -1.15. The maximum Gasteiger partial charge on any atom is 0.296 e. The van der Waals surface area contributed by atoms with E-state index in [4.69, 9.17) is 9.15 Å². The van der Waals surface area contributed by atoms with Crippen molar-refractivity contribution in [1.82, 2.24) is 4.98 Å². The van der Waals surface area contributed by atoms with Gasteiger partial charge in [0.15, 0.2) is 16.7 Å². The van der Waals surface area contributed by atoms with Crippen molar-refractivity contribution < 1.29 is 23.8 Å². The molecular formula is C25H21N3O5S. The SMILES string of the molecule is COc1ccc2nc(N3C(=O)C(O)=C(C(=O)c4ccco4)C3c3ccc(N(C)C)cc3)sc2c1. The Balaban J connectivity index is 1.66. The molecule has 1 atom stereocenters. The van der Waals surface area contributed by atoms with E-state index in [-0.39, 0.29) is 11.3 Å². The topological polar surface area (TPSA) is 96.1 Å². The van der Waals surface area contributed by atoms with E-state index in [0.717, 1.165) is 10.4 Å². The minimum atomic E-state index is -0.872. The number of hydrogen-bond acceptors (Lipinski definition) is 8. The second-order valence-electron chi connectivity index (χ2n) is 7.96. The van der Waals surface area contributed by atoms with Gasteiger partial charge in [-0.25, -0.2) is 4.98 Å². The van der Waals surface area contributed by atoms with Gasteiger partial charge in [-0.3, -0.25) is 14.5 Å². The first-order chi connectivity index (χ1) is 16.4. The first-order valence-electron chi connectivity index (χ1n) is 10.5.